The predicted octanol–water partition coefficient (Wildman–Crippen LogP) is 2.25. The van der Waals surface area contributed by atoms with Crippen LogP contribution in [0.3, 0.4) is 0 Å². The summed E-state index contributed by atoms with van der Waals surface area (Å²) >= 11 is 0. The molecule has 1 heterocycles. The van der Waals surface area contributed by atoms with Crippen molar-refractivity contribution in [3.63, 3.8) is 0 Å². The Bertz CT molecular complexity index is 722. The van der Waals surface area contributed by atoms with Crippen LogP contribution in [0.4, 0.5) is 0 Å². The van der Waals surface area contributed by atoms with Crippen molar-refractivity contribution in [3.05, 3.63) is 53.3 Å². The minimum Gasteiger partial charge on any atom is -0.312 e. The first kappa shape index (κ1) is 17.7. The number of aromatic nitrogens is 2. The van der Waals surface area contributed by atoms with Gasteiger partial charge in [0, 0.05) is 31.9 Å². The van der Waals surface area contributed by atoms with E-state index in [-0.39, 0.29) is 11.5 Å². The summed E-state index contributed by atoms with van der Waals surface area (Å²) in [7, 11) is -1.19. The number of hydrogen-bond acceptors (Lipinski definition) is 4. The maximum Gasteiger partial charge on any atom is 0.155 e. The van der Waals surface area contributed by atoms with Gasteiger partial charge in [-0.1, -0.05) is 44.2 Å². The van der Waals surface area contributed by atoms with Gasteiger partial charge in [0.1, 0.15) is 0 Å². The van der Waals surface area contributed by atoms with Gasteiger partial charge < -0.3 is 5.32 Å². The van der Waals surface area contributed by atoms with Crippen molar-refractivity contribution in [3.8, 4) is 0 Å². The van der Waals surface area contributed by atoms with E-state index in [9.17, 15) is 8.42 Å². The highest BCUT2D eigenvalue weighted by atomic mass is 32.2. The minimum absolute atomic E-state index is 0.0969. The summed E-state index contributed by atoms with van der Waals surface area (Å²) in [6, 6.07) is 9.29. The van der Waals surface area contributed by atoms with E-state index in [1.165, 1.54) is 0 Å². The molecule has 2 aromatic rings. The van der Waals surface area contributed by atoms with Crippen molar-refractivity contribution in [1.29, 1.82) is 0 Å². The van der Waals surface area contributed by atoms with Crippen LogP contribution in [0.1, 0.15) is 36.6 Å². The Balaban J connectivity index is 1.83. The van der Waals surface area contributed by atoms with Crippen LogP contribution < -0.4 is 5.32 Å². The first-order valence-corrected chi connectivity index (χ1v) is 9.67. The maximum atomic E-state index is 12.1. The van der Waals surface area contributed by atoms with Gasteiger partial charge in [0.05, 0.1) is 17.2 Å². The third kappa shape index (κ3) is 5.48. The fraction of sp³-hybridized carbons (Fsp3) is 0.471. The molecule has 0 amide bonds. The molecule has 0 radical (unpaired) electrons. The van der Waals surface area contributed by atoms with Crippen molar-refractivity contribution < 1.29 is 8.42 Å². The van der Waals surface area contributed by atoms with Crippen LogP contribution in [-0.2, 0) is 29.2 Å². The van der Waals surface area contributed by atoms with Crippen LogP contribution in [-0.4, -0.2) is 30.5 Å². The van der Waals surface area contributed by atoms with Crippen molar-refractivity contribution >= 4 is 9.84 Å². The third-order valence-corrected chi connectivity index (χ3v) is 5.22. The van der Waals surface area contributed by atoms with Gasteiger partial charge in [-0.2, -0.15) is 5.10 Å². The van der Waals surface area contributed by atoms with Gasteiger partial charge in [0.15, 0.2) is 9.84 Å². The molecule has 6 heteroatoms. The summed E-state index contributed by atoms with van der Waals surface area (Å²) in [5.74, 6) is 0.591. The normalized spacial score (nSPS) is 12.0. The fourth-order valence-electron chi connectivity index (χ4n) is 2.53. The van der Waals surface area contributed by atoms with Gasteiger partial charge in [-0.3, -0.25) is 4.68 Å². The Morgan fingerprint density at radius 3 is 2.57 bits per heavy atom. The van der Waals surface area contributed by atoms with Gasteiger partial charge in [0.2, 0.25) is 0 Å². The largest absolute Gasteiger partial charge is 0.312 e. The van der Waals surface area contributed by atoms with Gasteiger partial charge in [0.25, 0.3) is 0 Å². The monoisotopic (exact) mass is 335 g/mol. The standard InChI is InChI=1S/C17H25N3O2S/c1-14(2)17-16(12-20(3)19-17)11-18-9-10-23(21,22)13-15-7-5-4-6-8-15/h4-8,12,14,18H,9-11,13H2,1-3H3. The fourth-order valence-corrected chi connectivity index (χ4v) is 3.83. The van der Waals surface area contributed by atoms with E-state index in [2.05, 4.69) is 24.3 Å². The highest BCUT2D eigenvalue weighted by molar-refractivity contribution is 7.90. The number of aryl methyl sites for hydroxylation is 1. The molecule has 5 nitrogen and oxygen atoms in total. The lowest BCUT2D eigenvalue weighted by molar-refractivity contribution is 0.589. The lowest BCUT2D eigenvalue weighted by Gasteiger charge is -2.08. The Labute approximate surface area is 138 Å². The highest BCUT2D eigenvalue weighted by Gasteiger charge is 2.13. The maximum absolute atomic E-state index is 12.1. The number of nitrogens with one attached hydrogen (secondary N) is 1. The average molecular weight is 335 g/mol. The summed E-state index contributed by atoms with van der Waals surface area (Å²) in [6.45, 7) is 5.30. The number of rotatable bonds is 8. The predicted molar refractivity (Wildman–Crippen MR) is 92.9 cm³/mol. The zero-order valence-electron chi connectivity index (χ0n) is 14.0. The molecule has 0 aliphatic heterocycles. The smallest absolute Gasteiger partial charge is 0.155 e. The molecule has 0 bridgehead atoms. The molecular formula is C17H25N3O2S. The van der Waals surface area contributed by atoms with Crippen LogP contribution in [0, 0.1) is 0 Å². The molecule has 0 saturated heterocycles. The molecule has 0 aliphatic carbocycles. The topological polar surface area (TPSA) is 64.0 Å². The van der Waals surface area contributed by atoms with E-state index >= 15 is 0 Å². The molecule has 1 aromatic carbocycles. The molecule has 0 aliphatic rings. The van der Waals surface area contributed by atoms with Crippen molar-refractivity contribution in [2.75, 3.05) is 12.3 Å². The molecule has 23 heavy (non-hydrogen) atoms. The lowest BCUT2D eigenvalue weighted by Crippen LogP contribution is -2.23. The zero-order chi connectivity index (χ0) is 16.9. The van der Waals surface area contributed by atoms with Crippen LogP contribution in [0.5, 0.6) is 0 Å². The summed E-state index contributed by atoms with van der Waals surface area (Å²) in [5, 5.41) is 7.67. The van der Waals surface area contributed by atoms with E-state index in [1.54, 1.807) is 4.68 Å². The second-order valence-corrected chi connectivity index (χ2v) is 8.31. The molecule has 0 spiro atoms. The Hall–Kier alpha value is -1.66. The zero-order valence-corrected chi connectivity index (χ0v) is 14.8. The van der Waals surface area contributed by atoms with Crippen LogP contribution >= 0.6 is 0 Å². The molecule has 126 valence electrons. The second-order valence-electron chi connectivity index (χ2n) is 6.12. The third-order valence-electron chi connectivity index (χ3n) is 3.62. The van der Waals surface area contributed by atoms with Crippen molar-refractivity contribution in [2.45, 2.75) is 32.1 Å². The van der Waals surface area contributed by atoms with Crippen LogP contribution in [0.25, 0.3) is 0 Å². The summed E-state index contributed by atoms with van der Waals surface area (Å²) in [6.07, 6.45) is 1.99. The Morgan fingerprint density at radius 1 is 1.22 bits per heavy atom. The quantitative estimate of drug-likeness (QED) is 0.752. The van der Waals surface area contributed by atoms with E-state index in [1.807, 2.05) is 43.6 Å². The molecule has 1 N–H and O–H groups in total. The Morgan fingerprint density at radius 2 is 1.91 bits per heavy atom. The van der Waals surface area contributed by atoms with E-state index in [0.29, 0.717) is 19.0 Å². The number of sulfone groups is 1. The first-order valence-electron chi connectivity index (χ1n) is 7.85. The number of hydrogen-bond donors (Lipinski definition) is 1. The lowest BCUT2D eigenvalue weighted by atomic mass is 10.1. The van der Waals surface area contributed by atoms with Gasteiger partial charge in [-0.05, 0) is 11.5 Å². The van der Waals surface area contributed by atoms with Gasteiger partial charge in [-0.25, -0.2) is 8.42 Å². The summed E-state index contributed by atoms with van der Waals surface area (Å²) in [5.41, 5.74) is 3.02. The van der Waals surface area contributed by atoms with E-state index in [0.717, 1.165) is 16.8 Å². The molecule has 0 saturated carbocycles. The molecule has 2 rings (SSSR count). The Kier molecular flexibility index (Phi) is 5.96. The van der Waals surface area contributed by atoms with Crippen molar-refractivity contribution in [2.24, 2.45) is 7.05 Å². The molecular weight excluding hydrogens is 310 g/mol. The van der Waals surface area contributed by atoms with Crippen molar-refractivity contribution in [1.82, 2.24) is 15.1 Å². The van der Waals surface area contributed by atoms with Crippen LogP contribution in [0.2, 0.25) is 0 Å². The SMILES string of the molecule is CC(C)c1nn(C)cc1CNCCS(=O)(=O)Cc1ccccc1. The summed E-state index contributed by atoms with van der Waals surface area (Å²) < 4.78 is 26.1. The average Bonchev–Trinajstić information content (AvgIpc) is 2.85. The molecule has 1 aromatic heterocycles. The van der Waals surface area contributed by atoms with Gasteiger partial charge in [-0.15, -0.1) is 0 Å². The molecule has 0 unspecified atom stereocenters. The highest BCUT2D eigenvalue weighted by Crippen LogP contribution is 2.16. The minimum atomic E-state index is -3.09. The second kappa shape index (κ2) is 7.75. The first-order chi connectivity index (χ1) is 10.9. The molecule has 0 atom stereocenters. The van der Waals surface area contributed by atoms with Gasteiger partial charge >= 0.3 is 0 Å². The molecule has 0 fully saturated rings. The van der Waals surface area contributed by atoms with E-state index < -0.39 is 9.84 Å². The number of nitrogens with zero attached hydrogens (tertiary/aromatic N) is 2. The summed E-state index contributed by atoms with van der Waals surface area (Å²) in [4.78, 5) is 0. The van der Waals surface area contributed by atoms with E-state index in [4.69, 9.17) is 0 Å². The van der Waals surface area contributed by atoms with Crippen LogP contribution in [0.15, 0.2) is 36.5 Å². The number of benzene rings is 1.